The number of hydrogen-bond donors (Lipinski definition) is 2. The third-order valence-electron chi connectivity index (χ3n) is 1.17. The summed E-state index contributed by atoms with van der Waals surface area (Å²) in [6.45, 7) is 0.469. The zero-order chi connectivity index (χ0) is 9.52. The Morgan fingerprint density at radius 1 is 1.62 bits per heavy atom. The van der Waals surface area contributed by atoms with Gasteiger partial charge in [-0.2, -0.15) is 0 Å². The van der Waals surface area contributed by atoms with Gasteiger partial charge in [0.1, 0.15) is 6.61 Å². The molecule has 1 rings (SSSR count). The van der Waals surface area contributed by atoms with Crippen molar-refractivity contribution in [2.75, 3.05) is 13.2 Å². The molecule has 6 nitrogen and oxygen atoms in total. The predicted molar refractivity (Wildman–Crippen MR) is 43.6 cm³/mol. The Morgan fingerprint density at radius 3 is 3.08 bits per heavy atom. The Hall–Kier alpha value is -1.85. The van der Waals surface area contributed by atoms with E-state index in [0.29, 0.717) is 5.88 Å². The summed E-state index contributed by atoms with van der Waals surface area (Å²) in [6, 6.07) is 0. The Bertz CT molecular complexity index is 265. The molecule has 0 aliphatic carbocycles. The van der Waals surface area contributed by atoms with Crippen LogP contribution in [0.25, 0.3) is 0 Å². The number of aromatic nitrogens is 2. The quantitative estimate of drug-likeness (QED) is 0.648. The standard InChI is InChI=1S/C7H9N3O3/c11-7(12)10-3-4-13-6-5-8-1-2-9-6/h1-2,5,10H,3-4H2,(H,11,12). The van der Waals surface area contributed by atoms with Crippen molar-refractivity contribution in [2.45, 2.75) is 0 Å². The highest BCUT2D eigenvalue weighted by atomic mass is 16.5. The van der Waals surface area contributed by atoms with Crippen molar-refractivity contribution in [2.24, 2.45) is 0 Å². The average Bonchev–Trinajstić information content (AvgIpc) is 2.14. The molecule has 0 aliphatic heterocycles. The summed E-state index contributed by atoms with van der Waals surface area (Å²) in [7, 11) is 0. The molecule has 2 N–H and O–H groups in total. The lowest BCUT2D eigenvalue weighted by Gasteiger charge is -2.03. The number of hydrogen-bond acceptors (Lipinski definition) is 4. The van der Waals surface area contributed by atoms with E-state index in [9.17, 15) is 4.79 Å². The number of ether oxygens (including phenoxy) is 1. The summed E-state index contributed by atoms with van der Waals surface area (Å²) in [4.78, 5) is 17.6. The van der Waals surface area contributed by atoms with Crippen LogP contribution in [0.2, 0.25) is 0 Å². The zero-order valence-corrected chi connectivity index (χ0v) is 6.80. The van der Waals surface area contributed by atoms with E-state index in [4.69, 9.17) is 9.84 Å². The van der Waals surface area contributed by atoms with E-state index in [1.54, 1.807) is 0 Å². The molecule has 13 heavy (non-hydrogen) atoms. The molecule has 0 aliphatic rings. The lowest BCUT2D eigenvalue weighted by Crippen LogP contribution is -2.26. The van der Waals surface area contributed by atoms with Crippen LogP contribution in [0.3, 0.4) is 0 Å². The molecule has 1 heterocycles. The highest BCUT2D eigenvalue weighted by molar-refractivity contribution is 5.64. The van der Waals surface area contributed by atoms with Crippen LogP contribution in [0.1, 0.15) is 0 Å². The van der Waals surface area contributed by atoms with E-state index in [2.05, 4.69) is 15.3 Å². The molecule has 0 spiro atoms. The monoisotopic (exact) mass is 183 g/mol. The van der Waals surface area contributed by atoms with Crippen LogP contribution in [0, 0.1) is 0 Å². The van der Waals surface area contributed by atoms with Gasteiger partial charge in [-0.3, -0.25) is 4.98 Å². The summed E-state index contributed by atoms with van der Waals surface area (Å²) in [5.74, 6) is 0.384. The topological polar surface area (TPSA) is 84.3 Å². The molecule has 0 atom stereocenters. The lowest BCUT2D eigenvalue weighted by molar-refractivity contribution is 0.190. The van der Waals surface area contributed by atoms with Crippen LogP contribution >= 0.6 is 0 Å². The Balaban J connectivity index is 2.17. The molecule has 0 unspecified atom stereocenters. The summed E-state index contributed by atoms with van der Waals surface area (Å²) in [5.41, 5.74) is 0. The second-order valence-corrected chi connectivity index (χ2v) is 2.12. The minimum atomic E-state index is -1.07. The van der Waals surface area contributed by atoms with Crippen LogP contribution in [0.15, 0.2) is 18.6 Å². The fourth-order valence-corrected chi connectivity index (χ4v) is 0.674. The van der Waals surface area contributed by atoms with Crippen molar-refractivity contribution in [3.8, 4) is 5.88 Å². The number of carboxylic acid groups (broad SMARTS) is 1. The van der Waals surface area contributed by atoms with E-state index in [1.165, 1.54) is 18.6 Å². The predicted octanol–water partition coefficient (Wildman–Crippen LogP) is 0.123. The molecule has 0 radical (unpaired) electrons. The van der Waals surface area contributed by atoms with Gasteiger partial charge < -0.3 is 15.2 Å². The fourth-order valence-electron chi connectivity index (χ4n) is 0.674. The molecule has 0 aromatic carbocycles. The van der Waals surface area contributed by atoms with Gasteiger partial charge in [0.25, 0.3) is 0 Å². The van der Waals surface area contributed by atoms with Crippen LogP contribution in [0.5, 0.6) is 5.88 Å². The summed E-state index contributed by atoms with van der Waals surface area (Å²) in [5, 5.41) is 10.4. The Labute approximate surface area is 74.6 Å². The molecule has 0 bridgehead atoms. The number of rotatable bonds is 4. The molecule has 6 heteroatoms. The van der Waals surface area contributed by atoms with Crippen molar-refractivity contribution >= 4 is 6.09 Å². The minimum Gasteiger partial charge on any atom is -0.475 e. The van der Waals surface area contributed by atoms with Crippen LogP contribution in [-0.4, -0.2) is 34.3 Å². The smallest absolute Gasteiger partial charge is 0.404 e. The van der Waals surface area contributed by atoms with Crippen LogP contribution in [0.4, 0.5) is 4.79 Å². The molecule has 0 saturated carbocycles. The third-order valence-corrected chi connectivity index (χ3v) is 1.17. The van der Waals surface area contributed by atoms with E-state index >= 15 is 0 Å². The Morgan fingerprint density at radius 2 is 2.46 bits per heavy atom. The first-order valence-electron chi connectivity index (χ1n) is 3.64. The van der Waals surface area contributed by atoms with Gasteiger partial charge in [-0.1, -0.05) is 0 Å². The molecular formula is C7H9N3O3. The van der Waals surface area contributed by atoms with E-state index in [1.807, 2.05) is 0 Å². The first-order valence-corrected chi connectivity index (χ1v) is 3.64. The molecule has 1 aromatic rings. The first-order chi connectivity index (χ1) is 6.29. The van der Waals surface area contributed by atoms with E-state index in [0.717, 1.165) is 0 Å². The van der Waals surface area contributed by atoms with Gasteiger partial charge in [0, 0.05) is 12.4 Å². The van der Waals surface area contributed by atoms with Gasteiger partial charge in [-0.05, 0) is 0 Å². The van der Waals surface area contributed by atoms with Gasteiger partial charge in [0.05, 0.1) is 12.7 Å². The first kappa shape index (κ1) is 9.24. The van der Waals surface area contributed by atoms with Crippen LogP contribution < -0.4 is 10.1 Å². The van der Waals surface area contributed by atoms with Gasteiger partial charge in [0.15, 0.2) is 0 Å². The van der Waals surface area contributed by atoms with Crippen molar-refractivity contribution in [1.29, 1.82) is 0 Å². The van der Waals surface area contributed by atoms with Crippen molar-refractivity contribution in [3.63, 3.8) is 0 Å². The maximum atomic E-state index is 10.0. The van der Waals surface area contributed by atoms with Gasteiger partial charge in [-0.25, -0.2) is 9.78 Å². The van der Waals surface area contributed by atoms with E-state index in [-0.39, 0.29) is 13.2 Å². The SMILES string of the molecule is O=C(O)NCCOc1cnccn1. The van der Waals surface area contributed by atoms with Gasteiger partial charge >= 0.3 is 6.09 Å². The summed E-state index contributed by atoms with van der Waals surface area (Å²) >= 11 is 0. The number of nitrogens with zero attached hydrogens (tertiary/aromatic N) is 2. The number of nitrogens with one attached hydrogen (secondary N) is 1. The number of amides is 1. The van der Waals surface area contributed by atoms with Crippen molar-refractivity contribution in [3.05, 3.63) is 18.6 Å². The summed E-state index contributed by atoms with van der Waals surface area (Å²) in [6.07, 6.45) is 3.42. The molecule has 0 fully saturated rings. The molecule has 0 saturated heterocycles. The third kappa shape index (κ3) is 3.90. The largest absolute Gasteiger partial charge is 0.475 e. The second kappa shape index (κ2) is 4.91. The number of carbonyl (C=O) groups is 1. The Kier molecular flexibility index (Phi) is 3.49. The minimum absolute atomic E-state index is 0.228. The maximum absolute atomic E-state index is 10.0. The fraction of sp³-hybridized carbons (Fsp3) is 0.286. The highest BCUT2D eigenvalue weighted by Crippen LogP contribution is 1.98. The molecular weight excluding hydrogens is 174 g/mol. The molecule has 1 amide bonds. The van der Waals surface area contributed by atoms with Gasteiger partial charge in [-0.15, -0.1) is 0 Å². The molecule has 70 valence electrons. The highest BCUT2D eigenvalue weighted by Gasteiger charge is 1.95. The maximum Gasteiger partial charge on any atom is 0.404 e. The van der Waals surface area contributed by atoms with E-state index < -0.39 is 6.09 Å². The normalized spacial score (nSPS) is 9.23. The van der Waals surface area contributed by atoms with Crippen molar-refractivity contribution in [1.82, 2.24) is 15.3 Å². The van der Waals surface area contributed by atoms with Gasteiger partial charge in [0.2, 0.25) is 5.88 Å². The lowest BCUT2D eigenvalue weighted by atomic mass is 10.6. The van der Waals surface area contributed by atoms with Crippen LogP contribution in [-0.2, 0) is 0 Å². The zero-order valence-electron chi connectivity index (χ0n) is 6.80. The molecule has 1 aromatic heterocycles. The van der Waals surface area contributed by atoms with Crippen molar-refractivity contribution < 1.29 is 14.6 Å². The summed E-state index contributed by atoms with van der Waals surface area (Å²) < 4.78 is 5.06. The average molecular weight is 183 g/mol. The second-order valence-electron chi connectivity index (χ2n) is 2.12.